The molecule has 0 heterocycles. The van der Waals surface area contributed by atoms with Crippen LogP contribution in [-0.2, 0) is 0 Å². The number of hydrazine groups is 1. The lowest BCUT2D eigenvalue weighted by Crippen LogP contribution is -2.30. The number of ether oxygens (including phenoxy) is 1. The molecular weight excluding hydrogens is 262 g/mol. The summed E-state index contributed by atoms with van der Waals surface area (Å²) in [5.74, 6) is 5.20. The van der Waals surface area contributed by atoms with E-state index < -0.39 is 17.7 Å². The molecule has 0 radical (unpaired) electrons. The topological polar surface area (TPSA) is 47.3 Å². The van der Waals surface area contributed by atoms with E-state index in [9.17, 15) is 8.78 Å². The van der Waals surface area contributed by atoms with Crippen LogP contribution in [0, 0.1) is 18.6 Å². The number of hydrogen-bond donors (Lipinski definition) is 2. The van der Waals surface area contributed by atoms with Crippen molar-refractivity contribution in [3.8, 4) is 5.75 Å². The normalized spacial score (nSPS) is 12.2. The first-order valence-electron chi connectivity index (χ1n) is 6.12. The van der Waals surface area contributed by atoms with Crippen LogP contribution in [0.1, 0.15) is 22.7 Å². The minimum atomic E-state index is -0.628. The van der Waals surface area contributed by atoms with Crippen molar-refractivity contribution in [2.45, 2.75) is 13.0 Å². The Morgan fingerprint density at radius 2 is 1.85 bits per heavy atom. The second-order valence-corrected chi connectivity index (χ2v) is 4.49. The molecule has 0 saturated heterocycles. The Kier molecular flexibility index (Phi) is 4.32. The van der Waals surface area contributed by atoms with Crippen molar-refractivity contribution in [3.63, 3.8) is 0 Å². The molecule has 0 aromatic heterocycles. The van der Waals surface area contributed by atoms with Crippen LogP contribution in [0.3, 0.4) is 0 Å². The van der Waals surface area contributed by atoms with Crippen LogP contribution < -0.4 is 16.0 Å². The van der Waals surface area contributed by atoms with Gasteiger partial charge in [-0.3, -0.25) is 5.84 Å². The minimum Gasteiger partial charge on any atom is -0.497 e. The van der Waals surface area contributed by atoms with E-state index in [2.05, 4.69) is 5.43 Å². The molecule has 2 aromatic carbocycles. The number of nitrogens with two attached hydrogens (primary N) is 1. The lowest BCUT2D eigenvalue weighted by Gasteiger charge is -2.20. The lowest BCUT2D eigenvalue weighted by molar-refractivity contribution is 0.414. The zero-order valence-electron chi connectivity index (χ0n) is 11.3. The Morgan fingerprint density at radius 1 is 1.10 bits per heavy atom. The van der Waals surface area contributed by atoms with Gasteiger partial charge in [0.1, 0.15) is 17.4 Å². The highest BCUT2D eigenvalue weighted by Crippen LogP contribution is 2.29. The number of halogens is 2. The van der Waals surface area contributed by atoms with Gasteiger partial charge in [0, 0.05) is 5.56 Å². The highest BCUT2D eigenvalue weighted by atomic mass is 19.1. The zero-order chi connectivity index (χ0) is 14.7. The van der Waals surface area contributed by atoms with Gasteiger partial charge in [-0.2, -0.15) is 0 Å². The first-order valence-corrected chi connectivity index (χ1v) is 6.12. The molecule has 20 heavy (non-hydrogen) atoms. The maximum absolute atomic E-state index is 13.9. The molecule has 0 bridgehead atoms. The number of hydrogen-bond acceptors (Lipinski definition) is 3. The van der Waals surface area contributed by atoms with E-state index in [-0.39, 0.29) is 5.56 Å². The van der Waals surface area contributed by atoms with Gasteiger partial charge >= 0.3 is 0 Å². The van der Waals surface area contributed by atoms with Crippen molar-refractivity contribution in [1.29, 1.82) is 0 Å². The molecule has 3 N–H and O–H groups in total. The summed E-state index contributed by atoms with van der Waals surface area (Å²) < 4.78 is 32.3. The molecule has 0 fully saturated rings. The van der Waals surface area contributed by atoms with Crippen molar-refractivity contribution in [3.05, 3.63) is 64.7 Å². The highest BCUT2D eigenvalue weighted by Gasteiger charge is 2.19. The molecular formula is C15H16F2N2O. The van der Waals surface area contributed by atoms with E-state index in [0.717, 1.165) is 29.3 Å². The van der Waals surface area contributed by atoms with Crippen LogP contribution in [0.2, 0.25) is 0 Å². The van der Waals surface area contributed by atoms with E-state index in [0.29, 0.717) is 5.75 Å². The van der Waals surface area contributed by atoms with Gasteiger partial charge in [0.2, 0.25) is 0 Å². The Hall–Kier alpha value is -1.98. The van der Waals surface area contributed by atoms with Gasteiger partial charge in [-0.1, -0.05) is 6.07 Å². The SMILES string of the molecule is COc1ccc(C(NN)c2cc(F)ccc2F)c(C)c1. The average Bonchev–Trinajstić information content (AvgIpc) is 2.44. The second kappa shape index (κ2) is 5.98. The number of nitrogens with one attached hydrogen (secondary N) is 1. The molecule has 1 atom stereocenters. The van der Waals surface area contributed by atoms with E-state index in [4.69, 9.17) is 10.6 Å². The smallest absolute Gasteiger partial charge is 0.128 e. The fraction of sp³-hybridized carbons (Fsp3) is 0.200. The van der Waals surface area contributed by atoms with E-state index in [1.54, 1.807) is 19.2 Å². The van der Waals surface area contributed by atoms with Crippen molar-refractivity contribution >= 4 is 0 Å². The average molecular weight is 278 g/mol. The molecule has 0 aliphatic rings. The van der Waals surface area contributed by atoms with Gasteiger partial charge in [-0.15, -0.1) is 0 Å². The predicted octanol–water partition coefficient (Wildman–Crippen LogP) is 2.83. The standard InChI is InChI=1S/C15H16F2N2O/c1-9-7-11(20-2)4-5-12(9)15(19-18)13-8-10(16)3-6-14(13)17/h3-8,15,19H,18H2,1-2H3. The minimum absolute atomic E-state index is 0.167. The van der Waals surface area contributed by atoms with E-state index in [1.807, 2.05) is 13.0 Å². The van der Waals surface area contributed by atoms with Gasteiger partial charge < -0.3 is 4.74 Å². The summed E-state index contributed by atoms with van der Waals surface area (Å²) in [7, 11) is 1.57. The van der Waals surface area contributed by atoms with Gasteiger partial charge in [0.15, 0.2) is 0 Å². The monoisotopic (exact) mass is 278 g/mol. The summed E-state index contributed by atoms with van der Waals surface area (Å²) in [6.07, 6.45) is 0. The molecule has 0 spiro atoms. The third-order valence-electron chi connectivity index (χ3n) is 3.22. The maximum atomic E-state index is 13.9. The van der Waals surface area contributed by atoms with Crippen LogP contribution in [0.25, 0.3) is 0 Å². The van der Waals surface area contributed by atoms with Crippen LogP contribution in [0.5, 0.6) is 5.75 Å². The summed E-state index contributed by atoms with van der Waals surface area (Å²) in [4.78, 5) is 0. The largest absolute Gasteiger partial charge is 0.497 e. The van der Waals surface area contributed by atoms with E-state index >= 15 is 0 Å². The predicted molar refractivity (Wildman–Crippen MR) is 73.3 cm³/mol. The lowest BCUT2D eigenvalue weighted by atomic mass is 9.95. The molecule has 3 nitrogen and oxygen atoms in total. The molecule has 1 unspecified atom stereocenters. The van der Waals surface area contributed by atoms with Crippen molar-refractivity contribution in [1.82, 2.24) is 5.43 Å². The van der Waals surface area contributed by atoms with Crippen LogP contribution in [-0.4, -0.2) is 7.11 Å². The Labute approximate surface area is 116 Å². The maximum Gasteiger partial charge on any atom is 0.128 e. The molecule has 2 aromatic rings. The molecule has 0 aliphatic carbocycles. The van der Waals surface area contributed by atoms with Crippen molar-refractivity contribution < 1.29 is 13.5 Å². The summed E-state index contributed by atoms with van der Waals surface area (Å²) in [5, 5.41) is 0. The summed E-state index contributed by atoms with van der Waals surface area (Å²) in [6, 6.07) is 8.03. The summed E-state index contributed by atoms with van der Waals surface area (Å²) in [5.41, 5.74) is 4.33. The van der Waals surface area contributed by atoms with Crippen LogP contribution in [0.4, 0.5) is 8.78 Å². The highest BCUT2D eigenvalue weighted by molar-refractivity contribution is 5.41. The molecule has 0 saturated carbocycles. The number of rotatable bonds is 4. The molecule has 0 aliphatic heterocycles. The quantitative estimate of drug-likeness (QED) is 0.668. The van der Waals surface area contributed by atoms with Gasteiger partial charge in [0.05, 0.1) is 13.2 Å². The van der Waals surface area contributed by atoms with Gasteiger partial charge in [-0.25, -0.2) is 14.2 Å². The molecule has 5 heteroatoms. The fourth-order valence-corrected chi connectivity index (χ4v) is 2.18. The first-order chi connectivity index (χ1) is 9.56. The third-order valence-corrected chi connectivity index (χ3v) is 3.22. The van der Waals surface area contributed by atoms with E-state index in [1.165, 1.54) is 0 Å². The second-order valence-electron chi connectivity index (χ2n) is 4.49. The Morgan fingerprint density at radius 3 is 2.45 bits per heavy atom. The molecule has 0 amide bonds. The molecule has 106 valence electrons. The molecule has 2 rings (SSSR count). The van der Waals surface area contributed by atoms with Gasteiger partial charge in [-0.05, 0) is 48.4 Å². The number of aryl methyl sites for hydroxylation is 1. The van der Waals surface area contributed by atoms with Crippen LogP contribution in [0.15, 0.2) is 36.4 Å². The number of methoxy groups -OCH3 is 1. The third kappa shape index (κ3) is 2.79. The summed E-state index contributed by atoms with van der Waals surface area (Å²) in [6.45, 7) is 1.86. The fourth-order valence-electron chi connectivity index (χ4n) is 2.18. The van der Waals surface area contributed by atoms with Crippen LogP contribution >= 0.6 is 0 Å². The first kappa shape index (κ1) is 14.4. The zero-order valence-corrected chi connectivity index (χ0v) is 11.3. The van der Waals surface area contributed by atoms with Gasteiger partial charge in [0.25, 0.3) is 0 Å². The van der Waals surface area contributed by atoms with Crippen molar-refractivity contribution in [2.24, 2.45) is 5.84 Å². The Balaban J connectivity index is 2.49. The van der Waals surface area contributed by atoms with Crippen molar-refractivity contribution in [2.75, 3.05) is 7.11 Å². The number of benzene rings is 2. The summed E-state index contributed by atoms with van der Waals surface area (Å²) >= 11 is 0. The Bertz CT molecular complexity index is 617.